The fourth-order valence-electron chi connectivity index (χ4n) is 1.69. The smallest absolute Gasteiger partial charge is 0.319 e. The molecular formula is C13H21N3O. The van der Waals surface area contributed by atoms with Gasteiger partial charge in [0.1, 0.15) is 0 Å². The lowest BCUT2D eigenvalue weighted by molar-refractivity contribution is 0.233. The molecule has 1 rings (SSSR count). The van der Waals surface area contributed by atoms with Crippen molar-refractivity contribution in [1.82, 2.24) is 5.32 Å². The van der Waals surface area contributed by atoms with Crippen molar-refractivity contribution in [1.29, 1.82) is 0 Å². The Bertz CT molecular complexity index is 339. The number of anilines is 1. The van der Waals surface area contributed by atoms with Gasteiger partial charge in [0, 0.05) is 12.2 Å². The van der Waals surface area contributed by atoms with Gasteiger partial charge in [0.15, 0.2) is 0 Å². The Balaban J connectivity index is 2.60. The van der Waals surface area contributed by atoms with Crippen molar-refractivity contribution >= 4 is 11.7 Å². The normalized spacial score (nSPS) is 11.0. The molecule has 4 nitrogen and oxygen atoms in total. The molecule has 0 unspecified atom stereocenters. The summed E-state index contributed by atoms with van der Waals surface area (Å²) in [5, 5.41) is 5.75. The number of benzene rings is 1. The first kappa shape index (κ1) is 13.5. The standard InChI is InChI=1S/C13H21N3O/c1-3-13(4-2,10-14)16-12(17)15-11-8-6-5-7-9-11/h5-9H,3-4,10,14H2,1-2H3,(H2,15,16,17). The van der Waals surface area contributed by atoms with Gasteiger partial charge in [0.2, 0.25) is 0 Å². The largest absolute Gasteiger partial charge is 0.331 e. The third-order valence-electron chi connectivity index (χ3n) is 3.15. The minimum Gasteiger partial charge on any atom is -0.331 e. The van der Waals surface area contributed by atoms with Crippen molar-refractivity contribution in [2.24, 2.45) is 5.73 Å². The van der Waals surface area contributed by atoms with Crippen LogP contribution in [0, 0.1) is 0 Å². The molecular weight excluding hydrogens is 214 g/mol. The van der Waals surface area contributed by atoms with Crippen LogP contribution in [0.5, 0.6) is 0 Å². The van der Waals surface area contributed by atoms with Gasteiger partial charge in [0.25, 0.3) is 0 Å². The molecule has 0 aromatic heterocycles. The van der Waals surface area contributed by atoms with Crippen LogP contribution in [0.1, 0.15) is 26.7 Å². The summed E-state index contributed by atoms with van der Waals surface area (Å²) in [5.41, 5.74) is 6.20. The first-order chi connectivity index (χ1) is 8.15. The maximum absolute atomic E-state index is 11.8. The van der Waals surface area contributed by atoms with Gasteiger partial charge in [-0.15, -0.1) is 0 Å². The summed E-state index contributed by atoms with van der Waals surface area (Å²) < 4.78 is 0. The second-order valence-electron chi connectivity index (χ2n) is 4.14. The second kappa shape index (κ2) is 6.25. The highest BCUT2D eigenvalue weighted by Gasteiger charge is 2.26. The predicted octanol–water partition coefficient (Wildman–Crippen LogP) is 2.33. The van der Waals surface area contributed by atoms with E-state index in [-0.39, 0.29) is 11.6 Å². The van der Waals surface area contributed by atoms with E-state index in [9.17, 15) is 4.79 Å². The van der Waals surface area contributed by atoms with Crippen molar-refractivity contribution in [3.05, 3.63) is 30.3 Å². The van der Waals surface area contributed by atoms with Crippen LogP contribution in [-0.2, 0) is 0 Å². The van der Waals surface area contributed by atoms with Gasteiger partial charge in [-0.25, -0.2) is 4.79 Å². The second-order valence-corrected chi connectivity index (χ2v) is 4.14. The number of carbonyl (C=O) groups excluding carboxylic acids is 1. The highest BCUT2D eigenvalue weighted by molar-refractivity contribution is 5.89. The van der Waals surface area contributed by atoms with Crippen LogP contribution in [0.4, 0.5) is 10.5 Å². The van der Waals surface area contributed by atoms with Crippen molar-refractivity contribution in [2.45, 2.75) is 32.2 Å². The zero-order valence-corrected chi connectivity index (χ0v) is 10.5. The number of hydrogen-bond donors (Lipinski definition) is 3. The average molecular weight is 235 g/mol. The number of nitrogens with one attached hydrogen (secondary N) is 2. The Morgan fingerprint density at radius 3 is 2.29 bits per heavy atom. The van der Waals surface area contributed by atoms with Gasteiger partial charge in [-0.2, -0.15) is 0 Å². The number of urea groups is 1. The Hall–Kier alpha value is -1.55. The van der Waals surface area contributed by atoms with E-state index in [2.05, 4.69) is 10.6 Å². The quantitative estimate of drug-likeness (QED) is 0.733. The minimum absolute atomic E-state index is 0.203. The molecule has 0 aliphatic heterocycles. The molecule has 1 aromatic rings. The number of nitrogens with two attached hydrogens (primary N) is 1. The summed E-state index contributed by atoms with van der Waals surface area (Å²) >= 11 is 0. The molecule has 2 amide bonds. The molecule has 0 saturated carbocycles. The molecule has 0 spiro atoms. The third-order valence-corrected chi connectivity index (χ3v) is 3.15. The van der Waals surface area contributed by atoms with Crippen LogP contribution in [0.3, 0.4) is 0 Å². The Labute approximate surface area is 103 Å². The summed E-state index contributed by atoms with van der Waals surface area (Å²) in [6.07, 6.45) is 1.64. The Morgan fingerprint density at radius 2 is 1.82 bits per heavy atom. The van der Waals surface area contributed by atoms with Crippen LogP contribution in [-0.4, -0.2) is 18.1 Å². The molecule has 94 valence electrons. The predicted molar refractivity (Wildman–Crippen MR) is 71.0 cm³/mol. The molecule has 0 aliphatic carbocycles. The molecule has 0 saturated heterocycles. The summed E-state index contributed by atoms with van der Waals surface area (Å²) in [4.78, 5) is 11.8. The van der Waals surface area contributed by atoms with Crippen LogP contribution in [0.15, 0.2) is 30.3 Å². The summed E-state index contributed by atoms with van der Waals surface area (Å²) in [7, 11) is 0. The Morgan fingerprint density at radius 1 is 1.24 bits per heavy atom. The van der Waals surface area contributed by atoms with Crippen LogP contribution in [0.2, 0.25) is 0 Å². The number of para-hydroxylation sites is 1. The SMILES string of the molecule is CCC(CC)(CN)NC(=O)Nc1ccccc1. The third kappa shape index (κ3) is 3.75. The molecule has 0 bridgehead atoms. The molecule has 0 heterocycles. The lowest BCUT2D eigenvalue weighted by Crippen LogP contribution is -2.54. The minimum atomic E-state index is -0.307. The van der Waals surface area contributed by atoms with Gasteiger partial charge in [-0.3, -0.25) is 0 Å². The van der Waals surface area contributed by atoms with E-state index in [1.807, 2.05) is 44.2 Å². The molecule has 17 heavy (non-hydrogen) atoms. The van der Waals surface area contributed by atoms with Crippen LogP contribution < -0.4 is 16.4 Å². The van der Waals surface area contributed by atoms with Crippen LogP contribution >= 0.6 is 0 Å². The van der Waals surface area contributed by atoms with E-state index in [4.69, 9.17) is 5.73 Å². The number of rotatable bonds is 5. The summed E-state index contributed by atoms with van der Waals surface area (Å²) in [6, 6.07) is 9.16. The highest BCUT2D eigenvalue weighted by atomic mass is 16.2. The number of hydrogen-bond acceptors (Lipinski definition) is 2. The van der Waals surface area contributed by atoms with Crippen molar-refractivity contribution < 1.29 is 4.79 Å². The van der Waals surface area contributed by atoms with Gasteiger partial charge in [-0.05, 0) is 25.0 Å². The van der Waals surface area contributed by atoms with E-state index in [1.165, 1.54) is 0 Å². The zero-order chi connectivity index (χ0) is 12.7. The van der Waals surface area contributed by atoms with E-state index in [0.29, 0.717) is 6.54 Å². The molecule has 4 N–H and O–H groups in total. The Kier molecular flexibility index (Phi) is 4.97. The first-order valence-electron chi connectivity index (χ1n) is 6.00. The van der Waals surface area contributed by atoms with Gasteiger partial charge in [0.05, 0.1) is 5.54 Å². The highest BCUT2D eigenvalue weighted by Crippen LogP contribution is 2.13. The molecule has 4 heteroatoms. The van der Waals surface area contributed by atoms with Gasteiger partial charge in [-0.1, -0.05) is 32.0 Å². The fraction of sp³-hybridized carbons (Fsp3) is 0.462. The monoisotopic (exact) mass is 235 g/mol. The summed E-state index contributed by atoms with van der Waals surface area (Å²) in [5.74, 6) is 0. The van der Waals surface area contributed by atoms with Crippen molar-refractivity contribution in [2.75, 3.05) is 11.9 Å². The average Bonchev–Trinajstić information content (AvgIpc) is 2.37. The van der Waals surface area contributed by atoms with Crippen LogP contribution in [0.25, 0.3) is 0 Å². The van der Waals surface area contributed by atoms with Crippen molar-refractivity contribution in [3.63, 3.8) is 0 Å². The first-order valence-corrected chi connectivity index (χ1v) is 6.00. The maximum atomic E-state index is 11.8. The lowest BCUT2D eigenvalue weighted by atomic mass is 9.93. The molecule has 0 atom stereocenters. The number of amides is 2. The molecule has 1 aromatic carbocycles. The lowest BCUT2D eigenvalue weighted by Gasteiger charge is -2.31. The van der Waals surface area contributed by atoms with Gasteiger partial charge < -0.3 is 16.4 Å². The van der Waals surface area contributed by atoms with E-state index in [1.54, 1.807) is 0 Å². The van der Waals surface area contributed by atoms with Gasteiger partial charge >= 0.3 is 6.03 Å². The van der Waals surface area contributed by atoms with E-state index < -0.39 is 0 Å². The molecule has 0 radical (unpaired) electrons. The zero-order valence-electron chi connectivity index (χ0n) is 10.5. The topological polar surface area (TPSA) is 67.1 Å². The summed E-state index contributed by atoms with van der Waals surface area (Å²) in [6.45, 7) is 4.50. The number of carbonyl (C=O) groups is 1. The fourth-order valence-corrected chi connectivity index (χ4v) is 1.69. The van der Waals surface area contributed by atoms with Crippen molar-refractivity contribution in [3.8, 4) is 0 Å². The molecule has 0 aliphatic rings. The maximum Gasteiger partial charge on any atom is 0.319 e. The van der Waals surface area contributed by atoms with E-state index in [0.717, 1.165) is 18.5 Å². The van der Waals surface area contributed by atoms with E-state index >= 15 is 0 Å². The molecule has 0 fully saturated rings.